The molecule has 1 aromatic heterocycles. The van der Waals surface area contributed by atoms with Crippen molar-refractivity contribution in [1.29, 1.82) is 0 Å². The summed E-state index contributed by atoms with van der Waals surface area (Å²) < 4.78 is 11.8. The second kappa shape index (κ2) is 8.16. The van der Waals surface area contributed by atoms with E-state index in [1.54, 1.807) is 25.6 Å². The Morgan fingerprint density at radius 3 is 2.41 bits per heavy atom. The fourth-order valence-corrected chi connectivity index (χ4v) is 4.48. The Morgan fingerprint density at radius 1 is 1.03 bits per heavy atom. The third kappa shape index (κ3) is 3.93. The van der Waals surface area contributed by atoms with Crippen molar-refractivity contribution < 1.29 is 14.3 Å². The number of aryl methyl sites for hydroxylation is 1. The number of anilines is 2. The smallest absolute Gasteiger partial charge is 0.321 e. The first-order chi connectivity index (χ1) is 14.1. The second-order valence-electron chi connectivity index (χ2n) is 6.89. The van der Waals surface area contributed by atoms with Gasteiger partial charge in [0.05, 0.1) is 18.9 Å². The molecule has 4 rings (SSSR count). The van der Waals surface area contributed by atoms with Gasteiger partial charge in [-0.3, -0.25) is 0 Å². The van der Waals surface area contributed by atoms with Crippen LogP contribution in [0.25, 0.3) is 10.2 Å². The summed E-state index contributed by atoms with van der Waals surface area (Å²) in [7, 11) is 3.29. The fraction of sp³-hybridized carbons (Fsp3) is 0.333. The molecule has 1 fully saturated rings. The molecule has 152 valence electrons. The predicted molar refractivity (Wildman–Crippen MR) is 117 cm³/mol. The summed E-state index contributed by atoms with van der Waals surface area (Å²) in [4.78, 5) is 21.5. The highest BCUT2D eigenvalue weighted by atomic mass is 32.1. The van der Waals surface area contributed by atoms with Crippen LogP contribution in [0, 0.1) is 6.92 Å². The molecule has 7 nitrogen and oxygen atoms in total. The van der Waals surface area contributed by atoms with Crippen molar-refractivity contribution in [2.24, 2.45) is 0 Å². The van der Waals surface area contributed by atoms with E-state index >= 15 is 0 Å². The highest BCUT2D eigenvalue weighted by Gasteiger charge is 2.24. The zero-order valence-corrected chi connectivity index (χ0v) is 17.6. The standard InChI is InChI=1S/C21H24N4O3S/c1-14-4-9-17(28-3)18-19(14)29-21(23-18)25-12-10-24(11-13-25)20(26)22-15-5-7-16(27-2)8-6-15/h4-9H,10-13H2,1-3H3,(H,22,26). The number of piperazine rings is 1. The quantitative estimate of drug-likeness (QED) is 0.702. The molecule has 3 aromatic rings. The number of thiazole rings is 1. The summed E-state index contributed by atoms with van der Waals surface area (Å²) >= 11 is 1.68. The number of fused-ring (bicyclic) bond motifs is 1. The molecule has 0 bridgehead atoms. The summed E-state index contributed by atoms with van der Waals surface area (Å²) in [5.74, 6) is 1.56. The van der Waals surface area contributed by atoms with Crippen molar-refractivity contribution in [2.45, 2.75) is 6.92 Å². The van der Waals surface area contributed by atoms with Crippen LogP contribution in [0.15, 0.2) is 36.4 Å². The van der Waals surface area contributed by atoms with Crippen molar-refractivity contribution in [2.75, 3.05) is 50.6 Å². The lowest BCUT2D eigenvalue weighted by molar-refractivity contribution is 0.208. The van der Waals surface area contributed by atoms with Gasteiger partial charge in [-0.15, -0.1) is 0 Å². The number of ether oxygens (including phenoxy) is 2. The number of nitrogens with zero attached hydrogens (tertiary/aromatic N) is 3. The molecule has 0 unspecified atom stereocenters. The number of carbonyl (C=O) groups excluding carboxylic acids is 1. The van der Waals surface area contributed by atoms with E-state index in [2.05, 4.69) is 23.2 Å². The molecule has 2 aromatic carbocycles. The number of hydrogen-bond acceptors (Lipinski definition) is 6. The molecule has 1 aliphatic rings. The van der Waals surface area contributed by atoms with E-state index in [1.807, 2.05) is 35.2 Å². The average molecular weight is 413 g/mol. The number of aromatic nitrogens is 1. The van der Waals surface area contributed by atoms with Gasteiger partial charge in [-0.1, -0.05) is 17.4 Å². The molecular weight excluding hydrogens is 388 g/mol. The van der Waals surface area contributed by atoms with E-state index < -0.39 is 0 Å². The maximum atomic E-state index is 12.6. The fourth-order valence-electron chi connectivity index (χ4n) is 3.38. The number of rotatable bonds is 4. The lowest BCUT2D eigenvalue weighted by Crippen LogP contribution is -2.50. The maximum absolute atomic E-state index is 12.6. The van der Waals surface area contributed by atoms with E-state index in [4.69, 9.17) is 14.5 Å². The van der Waals surface area contributed by atoms with Crippen LogP contribution in [0.1, 0.15) is 5.56 Å². The third-order valence-electron chi connectivity index (χ3n) is 5.09. The largest absolute Gasteiger partial charge is 0.497 e. The van der Waals surface area contributed by atoms with E-state index in [0.29, 0.717) is 13.1 Å². The summed E-state index contributed by atoms with van der Waals surface area (Å²) in [6.45, 7) is 4.88. The van der Waals surface area contributed by atoms with Crippen molar-refractivity contribution in [3.63, 3.8) is 0 Å². The van der Waals surface area contributed by atoms with Gasteiger partial charge in [0.1, 0.15) is 17.0 Å². The van der Waals surface area contributed by atoms with E-state index in [-0.39, 0.29) is 6.03 Å². The topological polar surface area (TPSA) is 66.9 Å². The van der Waals surface area contributed by atoms with Gasteiger partial charge in [-0.25, -0.2) is 9.78 Å². The van der Waals surface area contributed by atoms with Crippen molar-refractivity contribution >= 4 is 38.4 Å². The minimum absolute atomic E-state index is 0.0865. The van der Waals surface area contributed by atoms with Crippen LogP contribution in [-0.2, 0) is 0 Å². The van der Waals surface area contributed by atoms with Crippen LogP contribution < -0.4 is 19.7 Å². The van der Waals surface area contributed by atoms with Crippen LogP contribution in [0.4, 0.5) is 15.6 Å². The van der Waals surface area contributed by atoms with Crippen molar-refractivity contribution in [1.82, 2.24) is 9.88 Å². The lowest BCUT2D eigenvalue weighted by atomic mass is 10.2. The average Bonchev–Trinajstić information content (AvgIpc) is 3.21. The van der Waals surface area contributed by atoms with Gasteiger partial charge in [0.15, 0.2) is 5.13 Å². The van der Waals surface area contributed by atoms with Crippen LogP contribution in [0.2, 0.25) is 0 Å². The second-order valence-corrected chi connectivity index (χ2v) is 7.87. The number of carbonyl (C=O) groups is 1. The van der Waals surface area contributed by atoms with Crippen molar-refractivity contribution in [3.8, 4) is 11.5 Å². The number of amides is 2. The Labute approximate surface area is 173 Å². The van der Waals surface area contributed by atoms with E-state index in [0.717, 1.165) is 45.6 Å². The molecule has 1 saturated heterocycles. The number of benzene rings is 2. The summed E-state index contributed by atoms with van der Waals surface area (Å²) in [6, 6.07) is 11.3. The van der Waals surface area contributed by atoms with Crippen molar-refractivity contribution in [3.05, 3.63) is 42.0 Å². The number of methoxy groups -OCH3 is 2. The Balaban J connectivity index is 1.40. The molecule has 2 heterocycles. The number of urea groups is 1. The molecular formula is C21H24N4O3S. The van der Waals surface area contributed by atoms with Crippen LogP contribution in [0.5, 0.6) is 11.5 Å². The molecule has 1 N–H and O–H groups in total. The van der Waals surface area contributed by atoms with Gasteiger partial charge in [-0.05, 0) is 42.8 Å². The molecule has 0 saturated carbocycles. The molecule has 29 heavy (non-hydrogen) atoms. The Bertz CT molecular complexity index is 1010. The van der Waals surface area contributed by atoms with Gasteiger partial charge in [-0.2, -0.15) is 0 Å². The highest BCUT2D eigenvalue weighted by Crippen LogP contribution is 2.36. The van der Waals surface area contributed by atoms with E-state index in [1.165, 1.54) is 5.56 Å². The Hall–Kier alpha value is -3.00. The van der Waals surface area contributed by atoms with Crippen LogP contribution >= 0.6 is 11.3 Å². The van der Waals surface area contributed by atoms with Gasteiger partial charge in [0.2, 0.25) is 0 Å². The molecule has 0 radical (unpaired) electrons. The summed E-state index contributed by atoms with van der Waals surface area (Å²) in [6.07, 6.45) is 0. The number of hydrogen-bond donors (Lipinski definition) is 1. The first kappa shape index (κ1) is 19.3. The maximum Gasteiger partial charge on any atom is 0.321 e. The predicted octanol–water partition coefficient (Wildman–Crippen LogP) is 3.98. The molecule has 0 spiro atoms. The normalized spacial score (nSPS) is 14.2. The highest BCUT2D eigenvalue weighted by molar-refractivity contribution is 7.22. The molecule has 2 amide bonds. The number of nitrogens with one attached hydrogen (secondary N) is 1. The van der Waals surface area contributed by atoms with Crippen LogP contribution in [-0.4, -0.2) is 56.3 Å². The first-order valence-electron chi connectivity index (χ1n) is 9.48. The van der Waals surface area contributed by atoms with Gasteiger partial charge in [0.25, 0.3) is 0 Å². The zero-order chi connectivity index (χ0) is 20.4. The SMILES string of the molecule is COc1ccc(NC(=O)N2CCN(c3nc4c(OC)ccc(C)c4s3)CC2)cc1. The van der Waals surface area contributed by atoms with Gasteiger partial charge >= 0.3 is 6.03 Å². The molecule has 8 heteroatoms. The van der Waals surface area contributed by atoms with E-state index in [9.17, 15) is 4.79 Å². The van der Waals surface area contributed by atoms with Crippen LogP contribution in [0.3, 0.4) is 0 Å². The molecule has 0 atom stereocenters. The van der Waals surface area contributed by atoms with Gasteiger partial charge in [0, 0.05) is 31.9 Å². The zero-order valence-electron chi connectivity index (χ0n) is 16.8. The minimum Gasteiger partial charge on any atom is -0.497 e. The van der Waals surface area contributed by atoms with Gasteiger partial charge < -0.3 is 24.6 Å². The third-order valence-corrected chi connectivity index (χ3v) is 6.34. The first-order valence-corrected chi connectivity index (χ1v) is 10.3. The summed E-state index contributed by atoms with van der Waals surface area (Å²) in [5.41, 5.74) is 2.86. The Kier molecular flexibility index (Phi) is 5.44. The summed E-state index contributed by atoms with van der Waals surface area (Å²) in [5, 5.41) is 3.92. The monoisotopic (exact) mass is 412 g/mol. The molecule has 0 aliphatic carbocycles. The minimum atomic E-state index is -0.0865. The molecule has 1 aliphatic heterocycles. The lowest BCUT2D eigenvalue weighted by Gasteiger charge is -2.34. The Morgan fingerprint density at radius 2 is 1.76 bits per heavy atom.